The highest BCUT2D eigenvalue weighted by atomic mass is 19.1. The van der Waals surface area contributed by atoms with E-state index in [0.29, 0.717) is 23.1 Å². The van der Waals surface area contributed by atoms with Crippen molar-refractivity contribution in [1.29, 1.82) is 0 Å². The molecule has 0 aliphatic carbocycles. The lowest BCUT2D eigenvalue weighted by Gasteiger charge is -2.23. The largest absolute Gasteiger partial charge is 0.361 e. The Labute approximate surface area is 178 Å². The second-order valence-electron chi connectivity index (χ2n) is 7.83. The Hall–Kier alpha value is -3.52. The topological polar surface area (TPSA) is 87.6 Å². The Morgan fingerprint density at radius 2 is 2.03 bits per heavy atom. The first-order chi connectivity index (χ1) is 15.2. The summed E-state index contributed by atoms with van der Waals surface area (Å²) < 4.78 is 15.8. The number of aromatic nitrogens is 4. The van der Waals surface area contributed by atoms with Gasteiger partial charge < -0.3 is 20.2 Å². The fraction of sp³-hybridized carbons (Fsp3) is 0.261. The fourth-order valence-electron chi connectivity index (χ4n) is 4.00. The third-order valence-electron chi connectivity index (χ3n) is 5.65. The first-order valence-corrected chi connectivity index (χ1v) is 10.4. The van der Waals surface area contributed by atoms with Crippen LogP contribution >= 0.6 is 0 Å². The number of aromatic amines is 1. The van der Waals surface area contributed by atoms with Crippen LogP contribution in [0, 0.1) is 5.82 Å². The van der Waals surface area contributed by atoms with Crippen molar-refractivity contribution >= 4 is 16.9 Å². The summed E-state index contributed by atoms with van der Waals surface area (Å²) in [6.45, 7) is 2.25. The predicted molar refractivity (Wildman–Crippen MR) is 119 cm³/mol. The molecule has 3 aromatic heterocycles. The van der Waals surface area contributed by atoms with Crippen LogP contribution in [0.5, 0.6) is 0 Å². The van der Waals surface area contributed by atoms with Gasteiger partial charge in [-0.25, -0.2) is 14.4 Å². The van der Waals surface area contributed by atoms with Crippen molar-refractivity contribution in [2.75, 3.05) is 18.4 Å². The SMILES string of the molecule is O=c1cc(-c2ccnc(NC3CCNCC3)n2)ccn1Cc1cc(F)c2cc[nH]c2c1. The number of H-pyrrole nitrogens is 1. The standard InChI is InChI=1S/C23H23FN6O/c24-19-11-15(12-21-18(19)3-8-26-21)14-30-10-5-16(13-22(30)31)20-4-9-27-23(29-20)28-17-1-6-25-7-2-17/h3-5,8-13,17,25-26H,1-2,6-7,14H2,(H,27,28,29). The molecule has 0 radical (unpaired) electrons. The van der Waals surface area contributed by atoms with E-state index in [1.807, 2.05) is 12.1 Å². The van der Waals surface area contributed by atoms with Gasteiger partial charge in [0.15, 0.2) is 0 Å². The minimum Gasteiger partial charge on any atom is -0.361 e. The maximum atomic E-state index is 14.2. The molecule has 1 aliphatic rings. The van der Waals surface area contributed by atoms with E-state index in [-0.39, 0.29) is 17.9 Å². The number of nitrogens with one attached hydrogen (secondary N) is 3. The Balaban J connectivity index is 1.36. The molecule has 0 unspecified atom stereocenters. The molecule has 158 valence electrons. The Morgan fingerprint density at radius 1 is 1.16 bits per heavy atom. The second kappa shape index (κ2) is 8.31. The molecular weight excluding hydrogens is 395 g/mol. The lowest BCUT2D eigenvalue weighted by molar-refractivity contribution is 0.477. The van der Waals surface area contributed by atoms with Gasteiger partial charge in [-0.2, -0.15) is 0 Å². The van der Waals surface area contributed by atoms with Crippen LogP contribution in [0.4, 0.5) is 10.3 Å². The minimum absolute atomic E-state index is 0.170. The van der Waals surface area contributed by atoms with Crippen molar-refractivity contribution in [1.82, 2.24) is 24.8 Å². The molecule has 1 fully saturated rings. The smallest absolute Gasteiger partial charge is 0.251 e. The van der Waals surface area contributed by atoms with Gasteiger partial charge in [-0.1, -0.05) is 0 Å². The molecule has 0 spiro atoms. The summed E-state index contributed by atoms with van der Waals surface area (Å²) in [5, 5.41) is 7.27. The normalized spacial score (nSPS) is 14.7. The van der Waals surface area contributed by atoms with Crippen LogP contribution in [0.3, 0.4) is 0 Å². The molecule has 1 aliphatic heterocycles. The van der Waals surface area contributed by atoms with E-state index in [9.17, 15) is 9.18 Å². The molecule has 4 aromatic rings. The zero-order chi connectivity index (χ0) is 21.2. The summed E-state index contributed by atoms with van der Waals surface area (Å²) in [7, 11) is 0. The average Bonchev–Trinajstić information content (AvgIpc) is 3.25. The van der Waals surface area contributed by atoms with Crippen LogP contribution in [-0.4, -0.2) is 38.7 Å². The minimum atomic E-state index is -0.298. The summed E-state index contributed by atoms with van der Waals surface area (Å²) in [5.41, 5.74) is 2.68. The molecule has 8 heteroatoms. The van der Waals surface area contributed by atoms with Crippen molar-refractivity contribution in [3.63, 3.8) is 0 Å². The van der Waals surface area contributed by atoms with E-state index >= 15 is 0 Å². The van der Waals surface area contributed by atoms with Crippen LogP contribution in [0.15, 0.2) is 59.8 Å². The van der Waals surface area contributed by atoms with Gasteiger partial charge >= 0.3 is 0 Å². The highest BCUT2D eigenvalue weighted by molar-refractivity contribution is 5.80. The number of fused-ring (bicyclic) bond motifs is 1. The highest BCUT2D eigenvalue weighted by Crippen LogP contribution is 2.20. The summed E-state index contributed by atoms with van der Waals surface area (Å²) >= 11 is 0. The lowest BCUT2D eigenvalue weighted by Crippen LogP contribution is -2.35. The molecule has 0 amide bonds. The molecule has 0 bridgehead atoms. The Kier molecular flexibility index (Phi) is 5.21. The van der Waals surface area contributed by atoms with Gasteiger partial charge in [-0.15, -0.1) is 0 Å². The van der Waals surface area contributed by atoms with Gasteiger partial charge in [-0.05, 0) is 61.8 Å². The Morgan fingerprint density at radius 3 is 2.87 bits per heavy atom. The molecule has 1 aromatic carbocycles. The third kappa shape index (κ3) is 4.20. The first-order valence-electron chi connectivity index (χ1n) is 10.4. The van der Waals surface area contributed by atoms with Crippen molar-refractivity contribution in [2.24, 2.45) is 0 Å². The molecule has 0 saturated carbocycles. The van der Waals surface area contributed by atoms with Gasteiger partial charge in [-0.3, -0.25) is 4.79 Å². The Bertz CT molecular complexity index is 1270. The molecular formula is C23H23FN6O. The number of nitrogens with zero attached hydrogens (tertiary/aromatic N) is 3. The molecule has 5 rings (SSSR count). The van der Waals surface area contributed by atoms with Crippen LogP contribution in [0.1, 0.15) is 18.4 Å². The molecule has 0 atom stereocenters. The highest BCUT2D eigenvalue weighted by Gasteiger charge is 2.14. The van der Waals surface area contributed by atoms with Gasteiger partial charge in [0.05, 0.1) is 12.2 Å². The van der Waals surface area contributed by atoms with Gasteiger partial charge in [0.25, 0.3) is 5.56 Å². The zero-order valence-corrected chi connectivity index (χ0v) is 16.9. The quantitative estimate of drug-likeness (QED) is 0.464. The van der Waals surface area contributed by atoms with Crippen molar-refractivity contribution in [2.45, 2.75) is 25.4 Å². The number of benzene rings is 1. The number of hydrogen-bond acceptors (Lipinski definition) is 5. The zero-order valence-electron chi connectivity index (χ0n) is 16.9. The molecule has 7 nitrogen and oxygen atoms in total. The number of anilines is 1. The maximum absolute atomic E-state index is 14.2. The van der Waals surface area contributed by atoms with Gasteiger partial charge in [0, 0.05) is 47.2 Å². The summed E-state index contributed by atoms with van der Waals surface area (Å²) in [4.78, 5) is 24.6. The molecule has 1 saturated heterocycles. The summed E-state index contributed by atoms with van der Waals surface area (Å²) in [6.07, 6.45) is 7.17. The second-order valence-corrected chi connectivity index (χ2v) is 7.83. The van der Waals surface area contributed by atoms with E-state index in [2.05, 4.69) is 25.6 Å². The van der Waals surface area contributed by atoms with Crippen LogP contribution in [0.2, 0.25) is 0 Å². The molecule has 3 N–H and O–H groups in total. The average molecular weight is 418 g/mol. The molecule has 31 heavy (non-hydrogen) atoms. The summed E-state index contributed by atoms with van der Waals surface area (Å²) in [5.74, 6) is 0.275. The maximum Gasteiger partial charge on any atom is 0.251 e. The van der Waals surface area contributed by atoms with Gasteiger partial charge in [0.1, 0.15) is 5.82 Å². The van der Waals surface area contributed by atoms with E-state index in [4.69, 9.17) is 0 Å². The first kappa shape index (κ1) is 19.4. The van der Waals surface area contributed by atoms with E-state index in [1.54, 1.807) is 41.4 Å². The lowest BCUT2D eigenvalue weighted by atomic mass is 10.1. The monoisotopic (exact) mass is 418 g/mol. The van der Waals surface area contributed by atoms with Crippen molar-refractivity contribution in [3.8, 4) is 11.3 Å². The van der Waals surface area contributed by atoms with E-state index < -0.39 is 0 Å². The third-order valence-corrected chi connectivity index (χ3v) is 5.65. The van der Waals surface area contributed by atoms with Crippen LogP contribution < -0.4 is 16.2 Å². The number of rotatable bonds is 5. The van der Waals surface area contributed by atoms with Crippen LogP contribution in [0.25, 0.3) is 22.2 Å². The predicted octanol–water partition coefficient (Wildman–Crippen LogP) is 3.14. The van der Waals surface area contributed by atoms with Gasteiger partial charge in [0.2, 0.25) is 5.95 Å². The van der Waals surface area contributed by atoms with E-state index in [1.165, 1.54) is 6.07 Å². The number of halogens is 1. The number of piperidine rings is 1. The van der Waals surface area contributed by atoms with E-state index in [0.717, 1.165) is 42.6 Å². The van der Waals surface area contributed by atoms with Crippen LogP contribution in [-0.2, 0) is 6.54 Å². The number of hydrogen-bond donors (Lipinski definition) is 3. The van der Waals surface area contributed by atoms with Crippen molar-refractivity contribution < 1.29 is 4.39 Å². The summed E-state index contributed by atoms with van der Waals surface area (Å²) in [6, 6.07) is 10.6. The fourth-order valence-corrected chi connectivity index (χ4v) is 4.00. The van der Waals surface area contributed by atoms with Crippen molar-refractivity contribution in [3.05, 3.63) is 76.7 Å². The molecule has 4 heterocycles. The number of pyridine rings is 1.